The Morgan fingerprint density at radius 3 is 2.71 bits per heavy atom. The van der Waals surface area contributed by atoms with E-state index >= 15 is 0 Å². The van der Waals surface area contributed by atoms with Crippen LogP contribution in [-0.4, -0.2) is 11.5 Å². The van der Waals surface area contributed by atoms with Crippen LogP contribution in [0.3, 0.4) is 0 Å². The summed E-state index contributed by atoms with van der Waals surface area (Å²) in [4.78, 5) is 4.23. The zero-order valence-electron chi connectivity index (χ0n) is 9.55. The van der Waals surface area contributed by atoms with Crippen LogP contribution in [0, 0.1) is 0 Å². The summed E-state index contributed by atoms with van der Waals surface area (Å²) in [6.07, 6.45) is 2.67. The SMILES string of the molecule is CCCNCc1ncoc1C(C)(C)C. The second kappa shape index (κ2) is 4.60. The van der Waals surface area contributed by atoms with Gasteiger partial charge >= 0.3 is 0 Å². The van der Waals surface area contributed by atoms with Gasteiger partial charge in [-0.3, -0.25) is 0 Å². The third-order valence-electron chi connectivity index (χ3n) is 2.04. The zero-order chi connectivity index (χ0) is 10.6. The van der Waals surface area contributed by atoms with E-state index in [4.69, 9.17) is 4.42 Å². The molecule has 1 N–H and O–H groups in total. The Hall–Kier alpha value is -0.830. The minimum absolute atomic E-state index is 0.0414. The fourth-order valence-corrected chi connectivity index (χ4v) is 1.39. The van der Waals surface area contributed by atoms with Crippen LogP contribution in [0.1, 0.15) is 45.6 Å². The molecule has 1 aromatic rings. The van der Waals surface area contributed by atoms with E-state index in [0.717, 1.165) is 31.0 Å². The number of oxazole rings is 1. The molecule has 0 bridgehead atoms. The fraction of sp³-hybridized carbons (Fsp3) is 0.727. The molecular weight excluding hydrogens is 176 g/mol. The van der Waals surface area contributed by atoms with Crippen molar-refractivity contribution < 1.29 is 4.42 Å². The molecule has 0 aliphatic heterocycles. The molecule has 80 valence electrons. The van der Waals surface area contributed by atoms with E-state index < -0.39 is 0 Å². The van der Waals surface area contributed by atoms with Gasteiger partial charge in [0.15, 0.2) is 6.39 Å². The van der Waals surface area contributed by atoms with Crippen molar-refractivity contribution in [3.05, 3.63) is 17.8 Å². The van der Waals surface area contributed by atoms with Crippen LogP contribution >= 0.6 is 0 Å². The molecule has 0 aromatic carbocycles. The average Bonchev–Trinajstić information content (AvgIpc) is 2.52. The summed E-state index contributed by atoms with van der Waals surface area (Å²) in [6, 6.07) is 0. The van der Waals surface area contributed by atoms with Crippen molar-refractivity contribution in [3.63, 3.8) is 0 Å². The van der Waals surface area contributed by atoms with Crippen LogP contribution in [0.2, 0.25) is 0 Å². The molecule has 0 amide bonds. The molecule has 0 unspecified atom stereocenters. The Morgan fingerprint density at radius 2 is 2.14 bits per heavy atom. The van der Waals surface area contributed by atoms with Crippen LogP contribution in [0.5, 0.6) is 0 Å². The van der Waals surface area contributed by atoms with Gasteiger partial charge in [0.25, 0.3) is 0 Å². The molecule has 0 fully saturated rings. The molecule has 0 atom stereocenters. The molecule has 1 heterocycles. The van der Waals surface area contributed by atoms with Crippen molar-refractivity contribution in [2.75, 3.05) is 6.54 Å². The number of nitrogens with zero attached hydrogens (tertiary/aromatic N) is 1. The monoisotopic (exact) mass is 196 g/mol. The molecule has 3 heteroatoms. The summed E-state index contributed by atoms with van der Waals surface area (Å²) in [5.74, 6) is 0.987. The summed E-state index contributed by atoms with van der Waals surface area (Å²) in [7, 11) is 0. The topological polar surface area (TPSA) is 38.1 Å². The van der Waals surface area contributed by atoms with Crippen molar-refractivity contribution in [3.8, 4) is 0 Å². The Morgan fingerprint density at radius 1 is 1.43 bits per heavy atom. The van der Waals surface area contributed by atoms with E-state index in [0.29, 0.717) is 0 Å². The fourth-order valence-electron chi connectivity index (χ4n) is 1.39. The maximum Gasteiger partial charge on any atom is 0.181 e. The number of hydrogen-bond donors (Lipinski definition) is 1. The normalized spacial score (nSPS) is 12.0. The smallest absolute Gasteiger partial charge is 0.181 e. The minimum atomic E-state index is 0.0414. The van der Waals surface area contributed by atoms with E-state index in [-0.39, 0.29) is 5.41 Å². The predicted octanol–water partition coefficient (Wildman–Crippen LogP) is 2.47. The highest BCUT2D eigenvalue weighted by atomic mass is 16.3. The van der Waals surface area contributed by atoms with E-state index in [1.54, 1.807) is 0 Å². The summed E-state index contributed by atoms with van der Waals surface area (Å²) < 4.78 is 5.41. The Labute approximate surface area is 85.9 Å². The van der Waals surface area contributed by atoms with Crippen LogP contribution in [-0.2, 0) is 12.0 Å². The molecule has 14 heavy (non-hydrogen) atoms. The number of rotatable bonds is 4. The molecule has 0 saturated heterocycles. The molecule has 1 aromatic heterocycles. The first-order valence-corrected chi connectivity index (χ1v) is 5.19. The predicted molar refractivity (Wildman–Crippen MR) is 57.2 cm³/mol. The second-order valence-corrected chi connectivity index (χ2v) is 4.55. The minimum Gasteiger partial charge on any atom is -0.448 e. The molecule has 3 nitrogen and oxygen atoms in total. The van der Waals surface area contributed by atoms with Crippen molar-refractivity contribution >= 4 is 0 Å². The standard InChI is InChI=1S/C11H20N2O/c1-5-6-12-7-9-10(11(2,3)4)14-8-13-9/h8,12H,5-7H2,1-4H3. The van der Waals surface area contributed by atoms with Crippen LogP contribution in [0.4, 0.5) is 0 Å². The second-order valence-electron chi connectivity index (χ2n) is 4.55. The highest BCUT2D eigenvalue weighted by Gasteiger charge is 2.22. The zero-order valence-corrected chi connectivity index (χ0v) is 9.55. The lowest BCUT2D eigenvalue weighted by Gasteiger charge is -2.16. The van der Waals surface area contributed by atoms with Crippen molar-refractivity contribution in [2.45, 2.75) is 46.1 Å². The highest BCUT2D eigenvalue weighted by molar-refractivity contribution is 5.15. The third-order valence-corrected chi connectivity index (χ3v) is 2.04. The Bertz CT molecular complexity index is 273. The molecule has 0 aliphatic rings. The van der Waals surface area contributed by atoms with Gasteiger partial charge in [-0.2, -0.15) is 0 Å². The number of nitrogens with one attached hydrogen (secondary N) is 1. The van der Waals surface area contributed by atoms with Crippen LogP contribution in [0.25, 0.3) is 0 Å². The van der Waals surface area contributed by atoms with E-state index in [2.05, 4.69) is 38.0 Å². The molecular formula is C11H20N2O. The summed E-state index contributed by atoms with van der Waals surface area (Å²) in [6.45, 7) is 10.4. The van der Waals surface area contributed by atoms with Gasteiger partial charge in [-0.1, -0.05) is 27.7 Å². The van der Waals surface area contributed by atoms with Crippen molar-refractivity contribution in [2.24, 2.45) is 0 Å². The Kier molecular flexibility index (Phi) is 3.69. The Balaban J connectivity index is 2.63. The molecule has 0 aliphatic carbocycles. The van der Waals surface area contributed by atoms with E-state index in [9.17, 15) is 0 Å². The maximum atomic E-state index is 5.41. The summed E-state index contributed by atoms with van der Waals surface area (Å²) in [5, 5.41) is 3.33. The van der Waals surface area contributed by atoms with Gasteiger partial charge < -0.3 is 9.73 Å². The molecule has 0 radical (unpaired) electrons. The van der Waals surface area contributed by atoms with Crippen molar-refractivity contribution in [1.29, 1.82) is 0 Å². The first kappa shape index (κ1) is 11.2. The summed E-state index contributed by atoms with van der Waals surface area (Å²) in [5.41, 5.74) is 1.07. The van der Waals surface area contributed by atoms with Gasteiger partial charge in [0, 0.05) is 12.0 Å². The van der Waals surface area contributed by atoms with Crippen molar-refractivity contribution in [1.82, 2.24) is 10.3 Å². The highest BCUT2D eigenvalue weighted by Crippen LogP contribution is 2.24. The number of hydrogen-bond acceptors (Lipinski definition) is 3. The maximum absolute atomic E-state index is 5.41. The van der Waals surface area contributed by atoms with E-state index in [1.165, 1.54) is 6.39 Å². The van der Waals surface area contributed by atoms with Gasteiger partial charge in [-0.05, 0) is 13.0 Å². The third kappa shape index (κ3) is 2.84. The lowest BCUT2D eigenvalue weighted by Crippen LogP contribution is -2.19. The largest absolute Gasteiger partial charge is 0.448 e. The van der Waals surface area contributed by atoms with Gasteiger partial charge in [-0.15, -0.1) is 0 Å². The lowest BCUT2D eigenvalue weighted by molar-refractivity contribution is 0.402. The first-order chi connectivity index (χ1) is 6.55. The van der Waals surface area contributed by atoms with E-state index in [1.807, 2.05) is 0 Å². The van der Waals surface area contributed by atoms with Crippen LogP contribution < -0.4 is 5.32 Å². The number of aromatic nitrogens is 1. The summed E-state index contributed by atoms with van der Waals surface area (Å²) >= 11 is 0. The molecule has 1 rings (SSSR count). The van der Waals surface area contributed by atoms with Crippen LogP contribution in [0.15, 0.2) is 10.8 Å². The quantitative estimate of drug-likeness (QED) is 0.752. The lowest BCUT2D eigenvalue weighted by atomic mass is 9.92. The van der Waals surface area contributed by atoms with Gasteiger partial charge in [0.1, 0.15) is 5.76 Å². The van der Waals surface area contributed by atoms with Gasteiger partial charge in [0.2, 0.25) is 0 Å². The van der Waals surface area contributed by atoms with Gasteiger partial charge in [-0.25, -0.2) is 4.98 Å². The average molecular weight is 196 g/mol. The van der Waals surface area contributed by atoms with Gasteiger partial charge in [0.05, 0.1) is 5.69 Å². The molecule has 0 saturated carbocycles. The molecule has 0 spiro atoms. The first-order valence-electron chi connectivity index (χ1n) is 5.19.